The first kappa shape index (κ1) is 30.0. The van der Waals surface area contributed by atoms with Gasteiger partial charge in [0.05, 0.1) is 43.6 Å². The Balaban J connectivity index is 1.27. The molecule has 1 heterocycles. The number of ether oxygens (including phenoxy) is 3. The number of rotatable bonds is 7. The molecular formula is C35H42ClNO6. The highest BCUT2D eigenvalue weighted by Crippen LogP contribution is 2.47. The van der Waals surface area contributed by atoms with Crippen LogP contribution in [0.25, 0.3) is 0 Å². The van der Waals surface area contributed by atoms with Gasteiger partial charge in [-0.3, -0.25) is 4.79 Å². The minimum Gasteiger partial charge on any atom is -0.490 e. The van der Waals surface area contributed by atoms with Crippen LogP contribution >= 0.6 is 11.6 Å². The standard InChI is InChI=1S/C35H42ClNO6/c1-3-42-34(40)23-8-6-22(7-9-23)32(38)28-13-10-26(28)19-37-20-35(16-4-5-24-17-27(36)12-14-29(24)35)21-43-31-15-11-25(18-30(31)37)33(39)41-2/h6,11-12,14-15,17-18,23,26,28,32,38H,3-5,7-10,13,16,19-21H2,1-2H3/t23-,26+,28-,32+,35+/m1/s1. The number of hydrogen-bond donors (Lipinski definition) is 1. The fourth-order valence-corrected chi connectivity index (χ4v) is 7.95. The lowest BCUT2D eigenvalue weighted by Crippen LogP contribution is -2.50. The summed E-state index contributed by atoms with van der Waals surface area (Å²) in [7, 11) is 1.40. The molecule has 8 heteroatoms. The van der Waals surface area contributed by atoms with E-state index < -0.39 is 6.10 Å². The molecule has 2 aromatic rings. The van der Waals surface area contributed by atoms with E-state index in [4.69, 9.17) is 25.8 Å². The Labute approximate surface area is 259 Å². The molecule has 43 heavy (non-hydrogen) atoms. The van der Waals surface area contributed by atoms with E-state index in [0.29, 0.717) is 25.2 Å². The summed E-state index contributed by atoms with van der Waals surface area (Å²) in [4.78, 5) is 27.1. The van der Waals surface area contributed by atoms with Crippen LogP contribution in [0.5, 0.6) is 5.75 Å². The predicted molar refractivity (Wildman–Crippen MR) is 166 cm³/mol. The number of methoxy groups -OCH3 is 1. The maximum absolute atomic E-state index is 12.5. The number of benzene rings is 2. The summed E-state index contributed by atoms with van der Waals surface area (Å²) < 4.78 is 16.8. The zero-order chi connectivity index (χ0) is 30.1. The predicted octanol–water partition coefficient (Wildman–Crippen LogP) is 6.28. The molecule has 7 nitrogen and oxygen atoms in total. The first-order chi connectivity index (χ1) is 20.8. The van der Waals surface area contributed by atoms with E-state index in [1.807, 2.05) is 25.1 Å². The summed E-state index contributed by atoms with van der Waals surface area (Å²) in [5.41, 5.74) is 4.81. The van der Waals surface area contributed by atoms with Crippen molar-refractivity contribution in [3.63, 3.8) is 0 Å². The molecule has 0 saturated heterocycles. The van der Waals surface area contributed by atoms with Gasteiger partial charge in [-0.2, -0.15) is 0 Å². The van der Waals surface area contributed by atoms with Gasteiger partial charge in [0.15, 0.2) is 0 Å². The van der Waals surface area contributed by atoms with Crippen LogP contribution in [0.1, 0.15) is 73.4 Å². The largest absolute Gasteiger partial charge is 0.490 e. The van der Waals surface area contributed by atoms with Crippen molar-refractivity contribution in [1.82, 2.24) is 0 Å². The highest BCUT2D eigenvalue weighted by Gasteiger charge is 2.45. The number of carbonyl (C=O) groups is 2. The van der Waals surface area contributed by atoms with Crippen LogP contribution < -0.4 is 9.64 Å². The molecule has 1 aliphatic heterocycles. The Hall–Kier alpha value is -3.03. The second kappa shape index (κ2) is 12.5. The Kier molecular flexibility index (Phi) is 8.74. The smallest absolute Gasteiger partial charge is 0.337 e. The molecule has 0 amide bonds. The van der Waals surface area contributed by atoms with Gasteiger partial charge in [-0.05, 0) is 117 Å². The summed E-state index contributed by atoms with van der Waals surface area (Å²) in [6.07, 6.45) is 8.68. The van der Waals surface area contributed by atoms with Crippen LogP contribution in [0, 0.1) is 17.8 Å². The number of aliphatic hydroxyl groups excluding tert-OH is 1. The molecule has 3 aliphatic carbocycles. The average molecular weight is 608 g/mol. The van der Waals surface area contributed by atoms with Crippen LogP contribution in [-0.2, 0) is 26.1 Å². The molecule has 1 N–H and O–H groups in total. The van der Waals surface area contributed by atoms with Gasteiger partial charge in [0.25, 0.3) is 0 Å². The van der Waals surface area contributed by atoms with Crippen LogP contribution in [-0.4, -0.2) is 56.6 Å². The SMILES string of the molecule is CCOC(=O)[C@@H]1CC=C([C@H](O)[C@@H]2CC[C@H]2CN2C[C@@]3(CCCc4cc(Cl)ccc43)COc3ccc(C(=O)OC)cc32)CC1. The molecule has 4 aliphatic rings. The third-order valence-electron chi connectivity index (χ3n) is 10.2. The van der Waals surface area contributed by atoms with Crippen LogP contribution in [0.15, 0.2) is 48.0 Å². The fraction of sp³-hybridized carbons (Fsp3) is 0.543. The number of esters is 2. The Morgan fingerprint density at radius 3 is 2.74 bits per heavy atom. The number of hydrogen-bond acceptors (Lipinski definition) is 7. The minimum atomic E-state index is -0.516. The first-order valence-corrected chi connectivity index (χ1v) is 16.1. The fourth-order valence-electron chi connectivity index (χ4n) is 7.75. The zero-order valence-corrected chi connectivity index (χ0v) is 25.9. The van der Waals surface area contributed by atoms with Crippen molar-refractivity contribution < 1.29 is 28.9 Å². The summed E-state index contributed by atoms with van der Waals surface area (Å²) in [6.45, 7) is 4.28. The number of fused-ring (bicyclic) bond motifs is 3. The maximum atomic E-state index is 12.5. The lowest BCUT2D eigenvalue weighted by molar-refractivity contribution is -0.148. The third kappa shape index (κ3) is 5.91. The zero-order valence-electron chi connectivity index (χ0n) is 25.1. The van der Waals surface area contributed by atoms with E-state index in [-0.39, 0.29) is 35.1 Å². The monoisotopic (exact) mass is 607 g/mol. The van der Waals surface area contributed by atoms with Crippen molar-refractivity contribution in [2.24, 2.45) is 17.8 Å². The maximum Gasteiger partial charge on any atom is 0.337 e. The molecule has 5 atom stereocenters. The van der Waals surface area contributed by atoms with E-state index in [1.165, 1.54) is 18.2 Å². The number of allylic oxidation sites excluding steroid dienone is 1. The number of halogens is 1. The second-order valence-electron chi connectivity index (χ2n) is 12.7. The van der Waals surface area contributed by atoms with Gasteiger partial charge in [0, 0.05) is 23.5 Å². The summed E-state index contributed by atoms with van der Waals surface area (Å²) in [5.74, 6) is 0.577. The number of carbonyl (C=O) groups excluding carboxylic acids is 2. The van der Waals surface area contributed by atoms with Crippen molar-refractivity contribution in [1.29, 1.82) is 0 Å². The molecule has 0 radical (unpaired) electrons. The molecule has 1 fully saturated rings. The number of anilines is 1. The quantitative estimate of drug-likeness (QED) is 0.293. The Morgan fingerprint density at radius 2 is 2.02 bits per heavy atom. The number of aryl methyl sites for hydroxylation is 1. The van der Waals surface area contributed by atoms with Gasteiger partial charge in [0.2, 0.25) is 0 Å². The summed E-state index contributed by atoms with van der Waals surface area (Å²) >= 11 is 6.40. The molecule has 0 aromatic heterocycles. The Bertz CT molecular complexity index is 1410. The topological polar surface area (TPSA) is 85.3 Å². The van der Waals surface area contributed by atoms with E-state index in [0.717, 1.165) is 80.1 Å². The van der Waals surface area contributed by atoms with Gasteiger partial charge in [-0.1, -0.05) is 23.7 Å². The number of aliphatic hydroxyl groups is 1. The lowest BCUT2D eigenvalue weighted by Gasteiger charge is -2.46. The van der Waals surface area contributed by atoms with Crippen molar-refractivity contribution in [3.8, 4) is 5.75 Å². The molecule has 0 bridgehead atoms. The summed E-state index contributed by atoms with van der Waals surface area (Å²) in [5, 5.41) is 12.3. The van der Waals surface area contributed by atoms with E-state index in [9.17, 15) is 14.7 Å². The second-order valence-corrected chi connectivity index (χ2v) is 13.2. The molecule has 0 unspecified atom stereocenters. The van der Waals surface area contributed by atoms with Crippen molar-refractivity contribution in [2.75, 3.05) is 38.3 Å². The van der Waals surface area contributed by atoms with Crippen LogP contribution in [0.2, 0.25) is 5.02 Å². The normalized spacial score (nSPS) is 27.0. The van der Waals surface area contributed by atoms with Gasteiger partial charge in [-0.15, -0.1) is 0 Å². The van der Waals surface area contributed by atoms with Crippen LogP contribution in [0.4, 0.5) is 5.69 Å². The molecule has 230 valence electrons. The van der Waals surface area contributed by atoms with Crippen LogP contribution in [0.3, 0.4) is 0 Å². The average Bonchev–Trinajstić information content (AvgIpc) is 3.15. The van der Waals surface area contributed by atoms with Gasteiger partial charge >= 0.3 is 11.9 Å². The highest BCUT2D eigenvalue weighted by molar-refractivity contribution is 6.30. The summed E-state index contributed by atoms with van der Waals surface area (Å²) in [6, 6.07) is 11.8. The van der Waals surface area contributed by atoms with E-state index in [1.54, 1.807) is 6.07 Å². The first-order valence-electron chi connectivity index (χ1n) is 15.7. The molecule has 1 spiro atoms. The minimum absolute atomic E-state index is 0.116. The van der Waals surface area contributed by atoms with E-state index in [2.05, 4.69) is 23.1 Å². The van der Waals surface area contributed by atoms with Crippen molar-refractivity contribution in [3.05, 3.63) is 69.8 Å². The third-order valence-corrected chi connectivity index (χ3v) is 10.5. The van der Waals surface area contributed by atoms with Gasteiger partial charge in [-0.25, -0.2) is 4.79 Å². The molecule has 2 aromatic carbocycles. The van der Waals surface area contributed by atoms with E-state index >= 15 is 0 Å². The highest BCUT2D eigenvalue weighted by atomic mass is 35.5. The number of nitrogens with zero attached hydrogens (tertiary/aromatic N) is 1. The lowest BCUT2D eigenvalue weighted by atomic mass is 9.67. The molecular weight excluding hydrogens is 566 g/mol. The molecule has 6 rings (SSSR count). The van der Waals surface area contributed by atoms with Gasteiger partial charge < -0.3 is 24.2 Å². The van der Waals surface area contributed by atoms with Crippen molar-refractivity contribution in [2.45, 2.75) is 69.8 Å². The molecule has 1 saturated carbocycles. The van der Waals surface area contributed by atoms with Crippen molar-refractivity contribution >= 4 is 29.2 Å². The Morgan fingerprint density at radius 1 is 1.16 bits per heavy atom. The van der Waals surface area contributed by atoms with Gasteiger partial charge in [0.1, 0.15) is 5.75 Å².